The molecule has 1 aliphatic rings. The van der Waals surface area contributed by atoms with Crippen LogP contribution in [0.2, 0.25) is 0 Å². The van der Waals surface area contributed by atoms with Crippen LogP contribution in [0.3, 0.4) is 0 Å². The molecule has 0 saturated carbocycles. The summed E-state index contributed by atoms with van der Waals surface area (Å²) in [6, 6.07) is 16.8. The van der Waals surface area contributed by atoms with Gasteiger partial charge in [-0.05, 0) is 30.5 Å². The Kier molecular flexibility index (Phi) is 6.42. The average Bonchev–Trinajstić information content (AvgIpc) is 3.42. The summed E-state index contributed by atoms with van der Waals surface area (Å²) in [4.78, 5) is 9.42. The summed E-state index contributed by atoms with van der Waals surface area (Å²) in [6.45, 7) is 5.11. The zero-order valence-electron chi connectivity index (χ0n) is 16.6. The number of nitrogens with zero attached hydrogens (tertiary/aromatic N) is 2. The lowest BCUT2D eigenvalue weighted by atomic mass is 10.1. The van der Waals surface area contributed by atoms with E-state index in [2.05, 4.69) is 53.3 Å². The van der Waals surface area contributed by atoms with E-state index in [1.54, 1.807) is 11.3 Å². The largest absolute Gasteiger partial charge is 0.493 e. The Morgan fingerprint density at radius 3 is 2.93 bits per heavy atom. The van der Waals surface area contributed by atoms with Crippen molar-refractivity contribution in [2.45, 2.75) is 26.3 Å². The molecule has 0 fully saturated rings. The second-order valence-electron chi connectivity index (χ2n) is 6.90. The van der Waals surface area contributed by atoms with Crippen LogP contribution < -0.4 is 15.4 Å². The third kappa shape index (κ3) is 5.15. The molecule has 1 aromatic heterocycles. The molecule has 3 aromatic rings. The number of hydrogen-bond acceptors (Lipinski definition) is 4. The molecule has 0 atom stereocenters. The molecule has 0 spiro atoms. The second-order valence-corrected chi connectivity index (χ2v) is 7.85. The summed E-state index contributed by atoms with van der Waals surface area (Å²) in [7, 11) is 0. The Balaban J connectivity index is 1.32. The van der Waals surface area contributed by atoms with E-state index in [0.29, 0.717) is 6.54 Å². The standard InChI is InChI=1S/C23H26N4OS/c1-2-24-23(25-12-10-17-8-9-21-19(14-17)11-13-28-21)26-15-22-27-20(16-29-22)18-6-4-3-5-7-18/h3-9,14,16H,2,10-13,15H2,1H3,(H2,24,25,26). The number of benzene rings is 2. The fourth-order valence-electron chi connectivity index (χ4n) is 3.33. The van der Waals surface area contributed by atoms with Gasteiger partial charge in [0.1, 0.15) is 10.8 Å². The van der Waals surface area contributed by atoms with Crippen molar-refractivity contribution in [1.29, 1.82) is 0 Å². The maximum atomic E-state index is 5.58. The Morgan fingerprint density at radius 1 is 1.17 bits per heavy atom. The van der Waals surface area contributed by atoms with E-state index in [4.69, 9.17) is 14.7 Å². The van der Waals surface area contributed by atoms with Crippen molar-refractivity contribution in [1.82, 2.24) is 15.6 Å². The molecule has 150 valence electrons. The van der Waals surface area contributed by atoms with Gasteiger partial charge in [0, 0.05) is 30.5 Å². The van der Waals surface area contributed by atoms with Gasteiger partial charge in [0.05, 0.1) is 18.8 Å². The minimum atomic E-state index is 0.572. The van der Waals surface area contributed by atoms with E-state index in [0.717, 1.165) is 60.5 Å². The highest BCUT2D eigenvalue weighted by Gasteiger charge is 2.11. The van der Waals surface area contributed by atoms with Crippen LogP contribution in [-0.2, 0) is 19.4 Å². The summed E-state index contributed by atoms with van der Waals surface area (Å²) in [5.41, 5.74) is 4.80. The molecular formula is C23H26N4OS. The first kappa shape index (κ1) is 19.5. The Morgan fingerprint density at radius 2 is 2.07 bits per heavy atom. The molecular weight excluding hydrogens is 380 g/mol. The van der Waals surface area contributed by atoms with Gasteiger partial charge in [0.2, 0.25) is 0 Å². The predicted molar refractivity (Wildman–Crippen MR) is 120 cm³/mol. The SMILES string of the molecule is CCNC(=NCc1nc(-c2ccccc2)cs1)NCCc1ccc2c(c1)CCO2. The molecule has 6 heteroatoms. The molecule has 5 nitrogen and oxygen atoms in total. The van der Waals surface area contributed by atoms with E-state index in [9.17, 15) is 0 Å². The normalized spacial score (nSPS) is 13.1. The lowest BCUT2D eigenvalue weighted by molar-refractivity contribution is 0.357. The average molecular weight is 407 g/mol. The fraction of sp³-hybridized carbons (Fsp3) is 0.304. The Labute approximate surface area is 175 Å². The Hall–Kier alpha value is -2.86. The molecule has 1 aliphatic heterocycles. The molecule has 2 N–H and O–H groups in total. The highest BCUT2D eigenvalue weighted by atomic mass is 32.1. The van der Waals surface area contributed by atoms with Gasteiger partial charge in [0.25, 0.3) is 0 Å². The summed E-state index contributed by atoms with van der Waals surface area (Å²) < 4.78 is 5.58. The van der Waals surface area contributed by atoms with Gasteiger partial charge in [-0.3, -0.25) is 0 Å². The van der Waals surface area contributed by atoms with Gasteiger partial charge in [0.15, 0.2) is 5.96 Å². The lowest BCUT2D eigenvalue weighted by Crippen LogP contribution is -2.38. The van der Waals surface area contributed by atoms with Gasteiger partial charge in [-0.15, -0.1) is 11.3 Å². The van der Waals surface area contributed by atoms with Crippen molar-refractivity contribution in [3.8, 4) is 17.0 Å². The smallest absolute Gasteiger partial charge is 0.191 e. The van der Waals surface area contributed by atoms with Crippen LogP contribution in [0.25, 0.3) is 11.3 Å². The number of nitrogens with one attached hydrogen (secondary N) is 2. The molecule has 2 aromatic carbocycles. The minimum Gasteiger partial charge on any atom is -0.493 e. The Bertz CT molecular complexity index is 968. The maximum Gasteiger partial charge on any atom is 0.191 e. The third-order valence-corrected chi connectivity index (χ3v) is 5.63. The number of aliphatic imine (C=N–C) groups is 1. The first-order valence-electron chi connectivity index (χ1n) is 10.1. The number of ether oxygens (including phenoxy) is 1. The first-order valence-corrected chi connectivity index (χ1v) is 11.0. The van der Waals surface area contributed by atoms with E-state index in [-0.39, 0.29) is 0 Å². The van der Waals surface area contributed by atoms with Gasteiger partial charge in [-0.2, -0.15) is 0 Å². The molecule has 0 unspecified atom stereocenters. The van der Waals surface area contributed by atoms with Crippen LogP contribution in [0, 0.1) is 0 Å². The van der Waals surface area contributed by atoms with Crippen molar-refractivity contribution >= 4 is 17.3 Å². The van der Waals surface area contributed by atoms with Gasteiger partial charge in [-0.25, -0.2) is 9.98 Å². The van der Waals surface area contributed by atoms with Crippen LogP contribution in [0.5, 0.6) is 5.75 Å². The molecule has 2 heterocycles. The van der Waals surface area contributed by atoms with E-state index >= 15 is 0 Å². The van der Waals surface area contributed by atoms with Crippen molar-refractivity contribution in [2.24, 2.45) is 4.99 Å². The minimum absolute atomic E-state index is 0.572. The highest BCUT2D eigenvalue weighted by Crippen LogP contribution is 2.26. The number of hydrogen-bond donors (Lipinski definition) is 2. The molecule has 0 amide bonds. The van der Waals surface area contributed by atoms with E-state index in [1.165, 1.54) is 11.1 Å². The number of fused-ring (bicyclic) bond motifs is 1. The third-order valence-electron chi connectivity index (χ3n) is 4.80. The molecule has 0 bridgehead atoms. The number of thiazole rings is 1. The monoisotopic (exact) mass is 406 g/mol. The quantitative estimate of drug-likeness (QED) is 0.459. The van der Waals surface area contributed by atoms with Crippen molar-refractivity contribution in [2.75, 3.05) is 19.7 Å². The fourth-order valence-corrected chi connectivity index (χ4v) is 4.06. The van der Waals surface area contributed by atoms with Crippen molar-refractivity contribution in [3.05, 3.63) is 70.0 Å². The molecule has 0 radical (unpaired) electrons. The number of rotatable bonds is 7. The van der Waals surface area contributed by atoms with E-state index < -0.39 is 0 Å². The van der Waals surface area contributed by atoms with Crippen molar-refractivity contribution in [3.63, 3.8) is 0 Å². The summed E-state index contributed by atoms with van der Waals surface area (Å²) in [5, 5.41) is 9.85. The summed E-state index contributed by atoms with van der Waals surface area (Å²) in [6.07, 6.45) is 1.96. The second kappa shape index (κ2) is 9.56. The highest BCUT2D eigenvalue weighted by molar-refractivity contribution is 7.09. The molecule has 4 rings (SSSR count). The zero-order valence-corrected chi connectivity index (χ0v) is 17.5. The topological polar surface area (TPSA) is 58.5 Å². The zero-order chi connectivity index (χ0) is 19.9. The summed E-state index contributed by atoms with van der Waals surface area (Å²) >= 11 is 1.65. The molecule has 0 aliphatic carbocycles. The first-order chi connectivity index (χ1) is 14.3. The van der Waals surface area contributed by atoms with E-state index in [1.807, 2.05) is 18.2 Å². The molecule has 29 heavy (non-hydrogen) atoms. The predicted octanol–water partition coefficient (Wildman–Crippen LogP) is 4.04. The molecule has 0 saturated heterocycles. The van der Waals surface area contributed by atoms with Gasteiger partial charge < -0.3 is 15.4 Å². The van der Waals surface area contributed by atoms with Crippen LogP contribution in [0.15, 0.2) is 58.9 Å². The van der Waals surface area contributed by atoms with Crippen LogP contribution in [0.4, 0.5) is 0 Å². The number of aromatic nitrogens is 1. The van der Waals surface area contributed by atoms with Crippen LogP contribution in [0.1, 0.15) is 23.1 Å². The lowest BCUT2D eigenvalue weighted by Gasteiger charge is -2.11. The van der Waals surface area contributed by atoms with Gasteiger partial charge in [-0.1, -0.05) is 42.5 Å². The van der Waals surface area contributed by atoms with Crippen LogP contribution >= 0.6 is 11.3 Å². The van der Waals surface area contributed by atoms with Crippen molar-refractivity contribution < 1.29 is 4.74 Å². The summed E-state index contributed by atoms with van der Waals surface area (Å²) in [5.74, 6) is 1.86. The van der Waals surface area contributed by atoms with Crippen LogP contribution in [-0.4, -0.2) is 30.6 Å². The maximum absolute atomic E-state index is 5.58. The number of guanidine groups is 1. The van der Waals surface area contributed by atoms with Gasteiger partial charge >= 0.3 is 0 Å².